The van der Waals surface area contributed by atoms with Gasteiger partial charge in [0.1, 0.15) is 11.6 Å². The van der Waals surface area contributed by atoms with Crippen LogP contribution in [0.15, 0.2) is 30.5 Å². The van der Waals surface area contributed by atoms with Crippen molar-refractivity contribution in [2.75, 3.05) is 13.2 Å². The average molecular weight is 327 g/mol. The van der Waals surface area contributed by atoms with Crippen LogP contribution >= 0.6 is 0 Å². The van der Waals surface area contributed by atoms with Crippen molar-refractivity contribution in [3.05, 3.63) is 36.3 Å². The van der Waals surface area contributed by atoms with E-state index in [0.29, 0.717) is 24.5 Å². The zero-order valence-electron chi connectivity index (χ0n) is 12.4. The number of hydrogen-bond donors (Lipinski definition) is 2. The number of aromatic amines is 1. The van der Waals surface area contributed by atoms with Crippen LogP contribution in [0.1, 0.15) is 18.7 Å². The third-order valence-electron chi connectivity index (χ3n) is 4.00. The van der Waals surface area contributed by atoms with Crippen molar-refractivity contribution in [3.8, 4) is 17.0 Å². The lowest BCUT2D eigenvalue weighted by Crippen LogP contribution is -2.60. The molecule has 1 aliphatic rings. The number of alkyl halides is 3. The summed E-state index contributed by atoms with van der Waals surface area (Å²) < 4.78 is 45.4. The van der Waals surface area contributed by atoms with Crippen LogP contribution in [0.2, 0.25) is 0 Å². The molecule has 1 atom stereocenters. The lowest BCUT2D eigenvalue weighted by molar-refractivity contribution is -0.274. The third kappa shape index (κ3) is 3.32. The molecule has 0 radical (unpaired) electrons. The highest BCUT2D eigenvalue weighted by Gasteiger charge is 2.41. The van der Waals surface area contributed by atoms with Crippen LogP contribution in [0.4, 0.5) is 13.2 Å². The maximum absolute atomic E-state index is 12.1. The summed E-state index contributed by atoms with van der Waals surface area (Å²) in [6.45, 7) is 2.92. The molecule has 3 rings (SSSR count). The van der Waals surface area contributed by atoms with Gasteiger partial charge in [-0.05, 0) is 24.3 Å². The molecule has 0 aliphatic carbocycles. The predicted molar refractivity (Wildman–Crippen MR) is 76.9 cm³/mol. The van der Waals surface area contributed by atoms with E-state index >= 15 is 0 Å². The van der Waals surface area contributed by atoms with Crippen LogP contribution < -0.4 is 10.5 Å². The van der Waals surface area contributed by atoms with Gasteiger partial charge in [0.25, 0.3) is 0 Å². The Morgan fingerprint density at radius 2 is 1.96 bits per heavy atom. The maximum atomic E-state index is 12.1. The van der Waals surface area contributed by atoms with Gasteiger partial charge in [-0.15, -0.1) is 13.2 Å². The maximum Gasteiger partial charge on any atom is 0.573 e. The summed E-state index contributed by atoms with van der Waals surface area (Å²) in [5, 5.41) is 0. The standard InChI is InChI=1S/C15H16F3N3O2/c1-9(14(19)7-22-8-14)13-20-6-12(21-13)10-2-4-11(5-3-10)23-15(16,17)18/h2-6,9H,7-8,19H2,1H3,(H,20,21)/t9-/m0/s1. The van der Waals surface area contributed by atoms with Gasteiger partial charge in [-0.2, -0.15) is 0 Å². The Bertz CT molecular complexity index is 678. The molecule has 0 spiro atoms. The molecule has 2 heterocycles. The number of ether oxygens (including phenoxy) is 2. The molecule has 0 unspecified atom stereocenters. The monoisotopic (exact) mass is 327 g/mol. The summed E-state index contributed by atoms with van der Waals surface area (Å²) in [6, 6.07) is 5.56. The third-order valence-corrected chi connectivity index (χ3v) is 4.00. The van der Waals surface area contributed by atoms with E-state index < -0.39 is 11.9 Å². The van der Waals surface area contributed by atoms with Crippen LogP contribution in [0, 0.1) is 0 Å². The molecule has 1 fully saturated rings. The fraction of sp³-hybridized carbons (Fsp3) is 0.400. The topological polar surface area (TPSA) is 73.2 Å². The quantitative estimate of drug-likeness (QED) is 0.906. The Labute approximate surface area is 130 Å². The number of halogens is 3. The zero-order valence-corrected chi connectivity index (χ0v) is 12.4. The number of benzene rings is 1. The molecular formula is C15H16F3N3O2. The Morgan fingerprint density at radius 3 is 2.48 bits per heavy atom. The van der Waals surface area contributed by atoms with Gasteiger partial charge in [0.05, 0.1) is 24.4 Å². The summed E-state index contributed by atoms with van der Waals surface area (Å²) in [4.78, 5) is 7.55. The minimum atomic E-state index is -4.70. The average Bonchev–Trinajstić information content (AvgIpc) is 2.93. The van der Waals surface area contributed by atoms with Gasteiger partial charge < -0.3 is 20.2 Å². The number of aromatic nitrogens is 2. The van der Waals surface area contributed by atoms with Crippen LogP contribution in [0.25, 0.3) is 11.3 Å². The smallest absolute Gasteiger partial charge is 0.406 e. The van der Waals surface area contributed by atoms with Gasteiger partial charge in [0.15, 0.2) is 0 Å². The summed E-state index contributed by atoms with van der Waals surface area (Å²) in [6.07, 6.45) is -2.99. The Morgan fingerprint density at radius 1 is 1.30 bits per heavy atom. The van der Waals surface area contributed by atoms with Crippen molar-refractivity contribution in [3.63, 3.8) is 0 Å². The summed E-state index contributed by atoms with van der Waals surface area (Å²) in [7, 11) is 0. The molecule has 124 valence electrons. The second-order valence-corrected chi connectivity index (χ2v) is 5.69. The molecule has 0 bridgehead atoms. The van der Waals surface area contributed by atoms with Crippen molar-refractivity contribution in [2.45, 2.75) is 24.7 Å². The van der Waals surface area contributed by atoms with Gasteiger partial charge in [-0.3, -0.25) is 0 Å². The van der Waals surface area contributed by atoms with E-state index in [9.17, 15) is 13.2 Å². The van der Waals surface area contributed by atoms with E-state index in [0.717, 1.165) is 5.82 Å². The largest absolute Gasteiger partial charge is 0.573 e. The van der Waals surface area contributed by atoms with Gasteiger partial charge in [-0.1, -0.05) is 6.92 Å². The molecule has 1 saturated heterocycles. The second-order valence-electron chi connectivity index (χ2n) is 5.69. The van der Waals surface area contributed by atoms with E-state index in [1.807, 2.05) is 6.92 Å². The first kappa shape index (κ1) is 15.8. The van der Waals surface area contributed by atoms with Gasteiger partial charge in [0.2, 0.25) is 0 Å². The van der Waals surface area contributed by atoms with E-state index in [2.05, 4.69) is 14.7 Å². The molecule has 1 aromatic heterocycles. The van der Waals surface area contributed by atoms with Gasteiger partial charge in [0, 0.05) is 17.7 Å². The van der Waals surface area contributed by atoms with E-state index in [-0.39, 0.29) is 11.7 Å². The Kier molecular flexibility index (Phi) is 3.81. The van der Waals surface area contributed by atoms with Gasteiger partial charge >= 0.3 is 6.36 Å². The number of imidazole rings is 1. The number of nitrogens with zero attached hydrogens (tertiary/aromatic N) is 1. The predicted octanol–water partition coefficient (Wildman–Crippen LogP) is 2.81. The number of hydrogen-bond acceptors (Lipinski definition) is 4. The summed E-state index contributed by atoms with van der Waals surface area (Å²) in [5.74, 6) is 0.442. The number of H-pyrrole nitrogens is 1. The van der Waals surface area contributed by atoms with E-state index in [4.69, 9.17) is 10.5 Å². The fourth-order valence-corrected chi connectivity index (χ4v) is 2.39. The number of nitrogens with one attached hydrogen (secondary N) is 1. The molecule has 8 heteroatoms. The molecule has 0 amide bonds. The van der Waals surface area contributed by atoms with Crippen molar-refractivity contribution < 1.29 is 22.6 Å². The molecule has 2 aromatic rings. The fourth-order valence-electron chi connectivity index (χ4n) is 2.39. The van der Waals surface area contributed by atoms with Gasteiger partial charge in [-0.25, -0.2) is 4.98 Å². The second kappa shape index (κ2) is 5.54. The normalized spacial score (nSPS) is 18.3. The van der Waals surface area contributed by atoms with E-state index in [1.54, 1.807) is 6.20 Å². The highest BCUT2D eigenvalue weighted by atomic mass is 19.4. The minimum Gasteiger partial charge on any atom is -0.406 e. The molecule has 1 aliphatic heterocycles. The van der Waals surface area contributed by atoms with Crippen molar-refractivity contribution >= 4 is 0 Å². The Hall–Kier alpha value is -2.06. The lowest BCUT2D eigenvalue weighted by Gasteiger charge is -2.41. The zero-order chi connectivity index (χ0) is 16.7. The van der Waals surface area contributed by atoms with E-state index in [1.165, 1.54) is 24.3 Å². The van der Waals surface area contributed by atoms with Crippen LogP contribution in [0.3, 0.4) is 0 Å². The molecule has 5 nitrogen and oxygen atoms in total. The van der Waals surface area contributed by atoms with Crippen molar-refractivity contribution in [1.29, 1.82) is 0 Å². The first-order valence-electron chi connectivity index (χ1n) is 7.05. The number of rotatable bonds is 4. The first-order valence-corrected chi connectivity index (χ1v) is 7.05. The van der Waals surface area contributed by atoms with Crippen LogP contribution in [0.5, 0.6) is 5.75 Å². The highest BCUT2D eigenvalue weighted by Crippen LogP contribution is 2.32. The number of nitrogens with two attached hydrogens (primary N) is 1. The van der Waals surface area contributed by atoms with Crippen LogP contribution in [-0.4, -0.2) is 35.1 Å². The van der Waals surface area contributed by atoms with Crippen molar-refractivity contribution in [2.24, 2.45) is 5.73 Å². The molecule has 23 heavy (non-hydrogen) atoms. The minimum absolute atomic E-state index is 0.0159. The lowest BCUT2D eigenvalue weighted by atomic mass is 9.84. The molecule has 1 aromatic carbocycles. The van der Waals surface area contributed by atoms with Crippen LogP contribution in [-0.2, 0) is 4.74 Å². The molecule has 3 N–H and O–H groups in total. The molecular weight excluding hydrogens is 311 g/mol. The summed E-state index contributed by atoms with van der Waals surface area (Å²) in [5.41, 5.74) is 7.08. The SMILES string of the molecule is C[C@@H](c1nc(-c2ccc(OC(F)(F)F)cc2)c[nH]1)C1(N)COC1. The first-order chi connectivity index (χ1) is 10.8. The van der Waals surface area contributed by atoms with Crippen molar-refractivity contribution in [1.82, 2.24) is 9.97 Å². The Balaban J connectivity index is 1.75. The summed E-state index contributed by atoms with van der Waals surface area (Å²) >= 11 is 0. The molecule has 0 saturated carbocycles. The highest BCUT2D eigenvalue weighted by molar-refractivity contribution is 5.59.